The largest absolute Gasteiger partial charge is 0.461 e. The van der Waals surface area contributed by atoms with Crippen LogP contribution < -0.4 is 5.73 Å². The highest BCUT2D eigenvalue weighted by atomic mass is 16.6. The van der Waals surface area contributed by atoms with Gasteiger partial charge in [0, 0.05) is 6.42 Å². The van der Waals surface area contributed by atoms with E-state index < -0.39 is 17.5 Å². The molecule has 21 heavy (non-hydrogen) atoms. The Morgan fingerprint density at radius 2 is 1.48 bits per heavy atom. The average Bonchev–Trinajstić information content (AvgIpc) is 2.50. The van der Waals surface area contributed by atoms with E-state index in [0.29, 0.717) is 5.56 Å². The summed E-state index contributed by atoms with van der Waals surface area (Å²) >= 11 is 0. The smallest absolute Gasteiger partial charge is 0.338 e. The third-order valence-corrected chi connectivity index (χ3v) is 2.70. The van der Waals surface area contributed by atoms with Crippen LogP contribution in [0.5, 0.6) is 0 Å². The Balaban J connectivity index is 2.92. The van der Waals surface area contributed by atoms with Crippen LogP contribution in [-0.2, 0) is 25.5 Å². The predicted molar refractivity (Wildman–Crippen MR) is 73.2 cm³/mol. The first kappa shape index (κ1) is 17.1. The van der Waals surface area contributed by atoms with Gasteiger partial charge in [0.05, 0.1) is 13.2 Å². The van der Waals surface area contributed by atoms with Crippen molar-refractivity contribution in [3.05, 3.63) is 35.9 Å². The van der Waals surface area contributed by atoms with E-state index in [1.165, 1.54) is 0 Å². The maximum Gasteiger partial charge on any atom is 0.338 e. The molecule has 116 valence electrons. The van der Waals surface area contributed by atoms with Gasteiger partial charge in [-0.2, -0.15) is 0 Å². The minimum absolute atomic E-state index is 0.109. The van der Waals surface area contributed by atoms with Crippen LogP contribution in [0.4, 0.5) is 0 Å². The SMILES string of the molecule is NC(Cc1ccccc1)(C(=O)OCCO)C(=O)OCCO. The molecule has 0 unspecified atom stereocenters. The third-order valence-electron chi connectivity index (χ3n) is 2.70. The van der Waals surface area contributed by atoms with E-state index in [-0.39, 0.29) is 32.8 Å². The van der Waals surface area contributed by atoms with Crippen molar-refractivity contribution < 1.29 is 29.3 Å². The Hall–Kier alpha value is -1.96. The van der Waals surface area contributed by atoms with Gasteiger partial charge in [0.15, 0.2) is 0 Å². The minimum atomic E-state index is -2.02. The first-order chi connectivity index (χ1) is 10.0. The third kappa shape index (κ3) is 4.82. The monoisotopic (exact) mass is 297 g/mol. The minimum Gasteiger partial charge on any atom is -0.461 e. The number of esters is 2. The maximum atomic E-state index is 12.0. The molecule has 1 aromatic carbocycles. The van der Waals surface area contributed by atoms with Crippen molar-refractivity contribution in [2.75, 3.05) is 26.4 Å². The molecule has 0 atom stereocenters. The molecule has 0 bridgehead atoms. The molecule has 0 spiro atoms. The average molecular weight is 297 g/mol. The van der Waals surface area contributed by atoms with Crippen molar-refractivity contribution in [3.63, 3.8) is 0 Å². The Kier molecular flexibility index (Phi) is 6.80. The van der Waals surface area contributed by atoms with Crippen LogP contribution in [0.1, 0.15) is 5.56 Å². The summed E-state index contributed by atoms with van der Waals surface area (Å²) < 4.78 is 9.50. The Labute approximate surface area is 122 Å². The quantitative estimate of drug-likeness (QED) is 0.416. The van der Waals surface area contributed by atoms with Gasteiger partial charge < -0.3 is 25.4 Å². The molecule has 0 saturated carbocycles. The molecule has 0 aliphatic carbocycles. The lowest BCUT2D eigenvalue weighted by atomic mass is 9.92. The van der Waals surface area contributed by atoms with Crippen LogP contribution in [0.25, 0.3) is 0 Å². The lowest BCUT2D eigenvalue weighted by Crippen LogP contribution is -2.58. The number of nitrogens with two attached hydrogens (primary N) is 1. The molecule has 0 aliphatic heterocycles. The van der Waals surface area contributed by atoms with Crippen LogP contribution >= 0.6 is 0 Å². The van der Waals surface area contributed by atoms with Crippen LogP contribution in [0.3, 0.4) is 0 Å². The van der Waals surface area contributed by atoms with E-state index in [9.17, 15) is 9.59 Å². The summed E-state index contributed by atoms with van der Waals surface area (Å²) in [6, 6.07) is 8.69. The van der Waals surface area contributed by atoms with Crippen molar-refractivity contribution in [1.82, 2.24) is 0 Å². The second-order valence-corrected chi connectivity index (χ2v) is 4.35. The van der Waals surface area contributed by atoms with E-state index in [1.54, 1.807) is 30.3 Å². The summed E-state index contributed by atoms with van der Waals surface area (Å²) in [4.78, 5) is 24.0. The van der Waals surface area contributed by atoms with Crippen LogP contribution in [0.15, 0.2) is 30.3 Å². The second-order valence-electron chi connectivity index (χ2n) is 4.35. The molecule has 7 heteroatoms. The molecule has 1 aromatic rings. The fourth-order valence-corrected chi connectivity index (χ4v) is 1.68. The summed E-state index contributed by atoms with van der Waals surface area (Å²) in [6.45, 7) is -1.28. The van der Waals surface area contributed by atoms with Crippen molar-refractivity contribution in [1.29, 1.82) is 0 Å². The van der Waals surface area contributed by atoms with Crippen molar-refractivity contribution >= 4 is 11.9 Å². The fourth-order valence-electron chi connectivity index (χ4n) is 1.68. The van der Waals surface area contributed by atoms with Crippen molar-refractivity contribution in [3.8, 4) is 0 Å². The molecule has 0 fully saturated rings. The number of ether oxygens (including phenoxy) is 2. The number of benzene rings is 1. The van der Waals surface area contributed by atoms with Gasteiger partial charge in [-0.3, -0.25) is 0 Å². The Bertz CT molecular complexity index is 442. The maximum absolute atomic E-state index is 12.0. The van der Waals surface area contributed by atoms with E-state index in [0.717, 1.165) is 0 Å². The molecule has 0 aliphatic rings. The zero-order valence-electron chi connectivity index (χ0n) is 11.5. The number of aliphatic hydroxyl groups is 2. The number of carbonyl (C=O) groups excluding carboxylic acids is 2. The predicted octanol–water partition coefficient (Wildman–Crippen LogP) is -1.00. The normalized spacial score (nSPS) is 11.0. The molecule has 0 radical (unpaired) electrons. The van der Waals surface area contributed by atoms with Crippen LogP contribution in [0, 0.1) is 0 Å². The summed E-state index contributed by atoms with van der Waals surface area (Å²) in [5, 5.41) is 17.4. The molecule has 1 rings (SSSR count). The lowest BCUT2D eigenvalue weighted by molar-refractivity contribution is -0.165. The number of hydrogen-bond acceptors (Lipinski definition) is 7. The topological polar surface area (TPSA) is 119 Å². The molecule has 0 aromatic heterocycles. The molecular weight excluding hydrogens is 278 g/mol. The summed E-state index contributed by atoms with van der Waals surface area (Å²) in [7, 11) is 0. The highest BCUT2D eigenvalue weighted by Gasteiger charge is 2.45. The zero-order valence-corrected chi connectivity index (χ0v) is 11.5. The molecule has 4 N–H and O–H groups in total. The zero-order chi connectivity index (χ0) is 15.7. The standard InChI is InChI=1S/C14H19NO6/c15-14(12(18)20-8-6-16,13(19)21-9-7-17)10-11-4-2-1-3-5-11/h1-5,16-17H,6-10,15H2. The molecular formula is C14H19NO6. The first-order valence-electron chi connectivity index (χ1n) is 6.43. The van der Waals surface area contributed by atoms with Gasteiger partial charge in [-0.15, -0.1) is 0 Å². The van der Waals surface area contributed by atoms with Gasteiger partial charge in [0.1, 0.15) is 13.2 Å². The Morgan fingerprint density at radius 3 is 1.90 bits per heavy atom. The molecule has 0 heterocycles. The summed E-state index contributed by atoms with van der Waals surface area (Å²) in [6.07, 6.45) is -0.109. The van der Waals surface area contributed by atoms with E-state index in [1.807, 2.05) is 0 Å². The number of rotatable bonds is 8. The Morgan fingerprint density at radius 1 is 1.00 bits per heavy atom. The second kappa shape index (κ2) is 8.35. The number of carbonyl (C=O) groups is 2. The number of hydrogen-bond donors (Lipinski definition) is 3. The van der Waals surface area contributed by atoms with Gasteiger partial charge >= 0.3 is 11.9 Å². The molecule has 0 saturated heterocycles. The summed E-state index contributed by atoms with van der Waals surface area (Å²) in [5.74, 6) is -1.97. The molecule has 0 amide bonds. The highest BCUT2D eigenvalue weighted by Crippen LogP contribution is 2.15. The van der Waals surface area contributed by atoms with E-state index in [2.05, 4.69) is 0 Å². The fraction of sp³-hybridized carbons (Fsp3) is 0.429. The van der Waals surface area contributed by atoms with Gasteiger partial charge in [0.2, 0.25) is 5.54 Å². The van der Waals surface area contributed by atoms with E-state index in [4.69, 9.17) is 25.4 Å². The molecule has 7 nitrogen and oxygen atoms in total. The highest BCUT2D eigenvalue weighted by molar-refractivity contribution is 6.05. The summed E-state index contributed by atoms with van der Waals surface area (Å²) in [5.41, 5.74) is 4.52. The lowest BCUT2D eigenvalue weighted by Gasteiger charge is -2.25. The first-order valence-corrected chi connectivity index (χ1v) is 6.43. The van der Waals surface area contributed by atoms with Crippen LogP contribution in [-0.4, -0.2) is 54.1 Å². The van der Waals surface area contributed by atoms with Crippen molar-refractivity contribution in [2.24, 2.45) is 5.73 Å². The van der Waals surface area contributed by atoms with Crippen molar-refractivity contribution in [2.45, 2.75) is 12.0 Å². The van der Waals surface area contributed by atoms with Gasteiger partial charge in [0.25, 0.3) is 0 Å². The van der Waals surface area contributed by atoms with Gasteiger partial charge in [-0.05, 0) is 5.56 Å². The van der Waals surface area contributed by atoms with Gasteiger partial charge in [-0.25, -0.2) is 9.59 Å². The van der Waals surface area contributed by atoms with E-state index >= 15 is 0 Å². The number of aliphatic hydroxyl groups excluding tert-OH is 2. The van der Waals surface area contributed by atoms with Gasteiger partial charge in [-0.1, -0.05) is 30.3 Å². The van der Waals surface area contributed by atoms with Crippen LogP contribution in [0.2, 0.25) is 0 Å².